The van der Waals surface area contributed by atoms with Gasteiger partial charge in [-0.2, -0.15) is 0 Å². The maximum atomic E-state index is 12.3. The number of nitrogen functional groups attached to an aromatic ring is 1. The highest BCUT2D eigenvalue weighted by atomic mass is 79.9. The molecule has 19 heavy (non-hydrogen) atoms. The molecule has 1 heterocycles. The van der Waals surface area contributed by atoms with Crippen LogP contribution >= 0.6 is 15.9 Å². The van der Waals surface area contributed by atoms with Crippen molar-refractivity contribution in [3.8, 4) is 0 Å². The van der Waals surface area contributed by atoms with Gasteiger partial charge in [0.25, 0.3) is 0 Å². The number of nitrogens with two attached hydrogens (primary N) is 1. The molecule has 2 rings (SSSR count). The van der Waals surface area contributed by atoms with E-state index in [0.717, 1.165) is 10.0 Å². The van der Waals surface area contributed by atoms with Crippen LogP contribution in [0, 0.1) is 6.92 Å². The van der Waals surface area contributed by atoms with Crippen LogP contribution in [-0.4, -0.2) is 13.4 Å². The monoisotopic (exact) mass is 340 g/mol. The minimum Gasteiger partial charge on any atom is -0.398 e. The molecule has 0 aliphatic carbocycles. The molecule has 2 aromatic rings. The molecule has 0 aliphatic heterocycles. The van der Waals surface area contributed by atoms with Crippen molar-refractivity contribution in [3.05, 3.63) is 52.3 Å². The van der Waals surface area contributed by atoms with Crippen LogP contribution in [0.1, 0.15) is 11.3 Å². The fraction of sp³-hybridized carbons (Fsp3) is 0.154. The zero-order valence-corrected chi connectivity index (χ0v) is 12.7. The maximum Gasteiger partial charge on any atom is 0.186 e. The van der Waals surface area contributed by atoms with Gasteiger partial charge < -0.3 is 5.73 Å². The van der Waals surface area contributed by atoms with Crippen LogP contribution in [0.15, 0.2) is 45.9 Å². The van der Waals surface area contributed by atoms with Crippen molar-refractivity contribution in [2.75, 3.05) is 5.73 Å². The molecular weight excluding hydrogens is 328 g/mol. The summed E-state index contributed by atoms with van der Waals surface area (Å²) < 4.78 is 25.4. The Morgan fingerprint density at radius 1 is 1.26 bits per heavy atom. The second kappa shape index (κ2) is 5.30. The Kier molecular flexibility index (Phi) is 3.91. The van der Waals surface area contributed by atoms with E-state index in [-0.39, 0.29) is 16.3 Å². The van der Waals surface area contributed by atoms with E-state index in [9.17, 15) is 8.42 Å². The highest BCUT2D eigenvalue weighted by Crippen LogP contribution is 2.23. The molecule has 0 saturated heterocycles. The first kappa shape index (κ1) is 14.0. The summed E-state index contributed by atoms with van der Waals surface area (Å²) in [5.74, 6) is -0.159. The molecule has 0 unspecified atom stereocenters. The van der Waals surface area contributed by atoms with Crippen LogP contribution in [-0.2, 0) is 15.6 Å². The van der Waals surface area contributed by atoms with E-state index in [2.05, 4.69) is 20.9 Å². The third-order valence-electron chi connectivity index (χ3n) is 2.63. The van der Waals surface area contributed by atoms with E-state index in [0.29, 0.717) is 5.69 Å². The smallest absolute Gasteiger partial charge is 0.186 e. The van der Waals surface area contributed by atoms with Crippen LogP contribution in [0.5, 0.6) is 0 Å². The summed E-state index contributed by atoms with van der Waals surface area (Å²) in [6, 6.07) is 8.36. The lowest BCUT2D eigenvalue weighted by Crippen LogP contribution is -2.09. The molecule has 0 atom stereocenters. The van der Waals surface area contributed by atoms with Crippen molar-refractivity contribution in [1.82, 2.24) is 4.98 Å². The van der Waals surface area contributed by atoms with Gasteiger partial charge in [-0.25, -0.2) is 8.42 Å². The predicted octanol–water partition coefficient (Wildman–Crippen LogP) is 2.71. The second-order valence-corrected chi connectivity index (χ2v) is 7.14. The molecule has 4 nitrogen and oxygen atoms in total. The molecular formula is C13H13BrN2O2S. The van der Waals surface area contributed by atoms with Gasteiger partial charge in [0, 0.05) is 10.7 Å². The molecule has 100 valence electrons. The summed E-state index contributed by atoms with van der Waals surface area (Å²) in [6.07, 6.45) is 1.57. The summed E-state index contributed by atoms with van der Waals surface area (Å²) in [4.78, 5) is 4.22. The van der Waals surface area contributed by atoms with Gasteiger partial charge in [-0.15, -0.1) is 0 Å². The van der Waals surface area contributed by atoms with E-state index in [4.69, 9.17) is 5.73 Å². The number of aryl methyl sites for hydroxylation is 1. The molecule has 0 radical (unpaired) electrons. The Morgan fingerprint density at radius 2 is 2.00 bits per heavy atom. The Bertz CT molecular complexity index is 697. The Balaban J connectivity index is 2.35. The minimum absolute atomic E-state index is 0.155. The minimum atomic E-state index is -3.48. The standard InChI is InChI=1S/C13H13BrN2O2S/c1-9-2-5-13(12(15)6-9)19(17,18)8-11-4-3-10(14)7-16-11/h2-7H,8,15H2,1H3. The second-order valence-electron chi connectivity index (χ2n) is 4.27. The number of nitrogens with zero attached hydrogens (tertiary/aromatic N) is 1. The van der Waals surface area contributed by atoms with E-state index in [1.807, 2.05) is 6.92 Å². The van der Waals surface area contributed by atoms with E-state index >= 15 is 0 Å². The molecule has 2 N–H and O–H groups in total. The van der Waals surface area contributed by atoms with E-state index in [1.165, 1.54) is 0 Å². The summed E-state index contributed by atoms with van der Waals surface area (Å²) in [7, 11) is -3.48. The lowest BCUT2D eigenvalue weighted by molar-refractivity contribution is 0.595. The van der Waals surface area contributed by atoms with Gasteiger partial charge in [0.1, 0.15) is 0 Å². The largest absolute Gasteiger partial charge is 0.398 e. The zero-order chi connectivity index (χ0) is 14.0. The Morgan fingerprint density at radius 3 is 2.58 bits per heavy atom. The highest BCUT2D eigenvalue weighted by Gasteiger charge is 2.19. The van der Waals surface area contributed by atoms with Crippen molar-refractivity contribution >= 4 is 31.5 Å². The van der Waals surface area contributed by atoms with Gasteiger partial charge in [0.2, 0.25) is 0 Å². The Labute approximate surface area is 120 Å². The maximum absolute atomic E-state index is 12.3. The van der Waals surface area contributed by atoms with E-state index in [1.54, 1.807) is 36.5 Å². The van der Waals surface area contributed by atoms with Crippen molar-refractivity contribution in [2.45, 2.75) is 17.6 Å². The lowest BCUT2D eigenvalue weighted by Gasteiger charge is -2.08. The SMILES string of the molecule is Cc1ccc(S(=O)(=O)Cc2ccc(Br)cn2)c(N)c1. The average molecular weight is 341 g/mol. The first-order chi connectivity index (χ1) is 8.88. The van der Waals surface area contributed by atoms with Crippen molar-refractivity contribution in [3.63, 3.8) is 0 Å². The van der Waals surface area contributed by atoms with E-state index < -0.39 is 9.84 Å². The summed E-state index contributed by atoms with van der Waals surface area (Å²) in [5, 5.41) is 0. The van der Waals surface area contributed by atoms with Gasteiger partial charge in [-0.1, -0.05) is 6.07 Å². The fourth-order valence-corrected chi connectivity index (χ4v) is 3.36. The van der Waals surface area contributed by atoms with Gasteiger partial charge in [0.15, 0.2) is 9.84 Å². The number of halogens is 1. The molecule has 0 saturated carbocycles. The quantitative estimate of drug-likeness (QED) is 0.872. The predicted molar refractivity (Wildman–Crippen MR) is 78.4 cm³/mol. The highest BCUT2D eigenvalue weighted by molar-refractivity contribution is 9.10. The van der Waals surface area contributed by atoms with Gasteiger partial charge in [-0.3, -0.25) is 4.98 Å². The van der Waals surface area contributed by atoms with Crippen LogP contribution in [0.25, 0.3) is 0 Å². The van der Waals surface area contributed by atoms with Crippen LogP contribution in [0.2, 0.25) is 0 Å². The first-order valence-corrected chi connectivity index (χ1v) is 8.02. The lowest BCUT2D eigenvalue weighted by atomic mass is 10.2. The molecule has 0 aliphatic rings. The normalized spacial score (nSPS) is 11.5. The molecule has 0 bridgehead atoms. The molecule has 1 aromatic carbocycles. The summed E-state index contributed by atoms with van der Waals surface area (Å²) >= 11 is 3.26. The number of hydrogen-bond donors (Lipinski definition) is 1. The van der Waals surface area contributed by atoms with Crippen molar-refractivity contribution in [1.29, 1.82) is 0 Å². The van der Waals surface area contributed by atoms with Crippen LogP contribution in [0.4, 0.5) is 5.69 Å². The van der Waals surface area contributed by atoms with Gasteiger partial charge >= 0.3 is 0 Å². The molecule has 0 amide bonds. The summed E-state index contributed by atoms with van der Waals surface area (Å²) in [5.41, 5.74) is 7.47. The third-order valence-corrected chi connectivity index (χ3v) is 4.81. The number of rotatable bonds is 3. The van der Waals surface area contributed by atoms with Crippen LogP contribution < -0.4 is 5.73 Å². The van der Waals surface area contributed by atoms with Crippen molar-refractivity contribution in [2.24, 2.45) is 0 Å². The number of aromatic nitrogens is 1. The molecule has 1 aromatic heterocycles. The zero-order valence-electron chi connectivity index (χ0n) is 10.3. The van der Waals surface area contributed by atoms with Crippen molar-refractivity contribution < 1.29 is 8.42 Å². The molecule has 0 fully saturated rings. The van der Waals surface area contributed by atoms with Gasteiger partial charge in [-0.05, 0) is 52.7 Å². The third kappa shape index (κ3) is 3.33. The fourth-order valence-electron chi connectivity index (χ4n) is 1.72. The number of pyridine rings is 1. The number of benzene rings is 1. The van der Waals surface area contributed by atoms with Crippen LogP contribution in [0.3, 0.4) is 0 Å². The summed E-state index contributed by atoms with van der Waals surface area (Å²) in [6.45, 7) is 1.86. The molecule has 6 heteroatoms. The number of sulfone groups is 1. The number of anilines is 1. The molecule has 0 spiro atoms. The number of hydrogen-bond acceptors (Lipinski definition) is 4. The first-order valence-electron chi connectivity index (χ1n) is 5.58. The van der Waals surface area contributed by atoms with Gasteiger partial charge in [0.05, 0.1) is 22.0 Å². The topological polar surface area (TPSA) is 73.0 Å². The average Bonchev–Trinajstić information content (AvgIpc) is 2.31. The Hall–Kier alpha value is -1.40.